The van der Waals surface area contributed by atoms with E-state index in [0.717, 1.165) is 32.5 Å². The quantitative estimate of drug-likeness (QED) is 0.558. The van der Waals surface area contributed by atoms with E-state index in [4.69, 9.17) is 9.47 Å². The van der Waals surface area contributed by atoms with Gasteiger partial charge in [0, 0.05) is 17.5 Å². The summed E-state index contributed by atoms with van der Waals surface area (Å²) >= 11 is 1.48. The van der Waals surface area contributed by atoms with Crippen LogP contribution < -0.4 is 14.4 Å². The van der Waals surface area contributed by atoms with Gasteiger partial charge in [-0.05, 0) is 42.0 Å². The smallest absolute Gasteiger partial charge is 0.266 e. The average Bonchev–Trinajstić information content (AvgIpc) is 3.14. The Labute approximate surface area is 184 Å². The van der Waals surface area contributed by atoms with Gasteiger partial charge < -0.3 is 14.4 Å². The van der Waals surface area contributed by atoms with Gasteiger partial charge in [0.25, 0.3) is 11.8 Å². The monoisotopic (exact) mass is 432 g/mol. The van der Waals surface area contributed by atoms with Crippen molar-refractivity contribution in [1.29, 1.82) is 0 Å². The first-order valence-electron chi connectivity index (χ1n) is 9.78. The molecule has 0 radical (unpaired) electrons. The molecule has 0 fully saturated rings. The number of carbonyl (C=O) groups is 2. The predicted octanol–water partition coefficient (Wildman–Crippen LogP) is 4.73. The lowest BCUT2D eigenvalue weighted by molar-refractivity contribution is 0.0627. The number of nitrogens with zero attached hydrogens (tertiary/aromatic N) is 2. The van der Waals surface area contributed by atoms with Gasteiger partial charge in [-0.15, -0.1) is 0 Å². The second-order valence-corrected chi connectivity index (χ2v) is 8.39. The maximum atomic E-state index is 13.7. The van der Waals surface area contributed by atoms with Gasteiger partial charge in [-0.25, -0.2) is 0 Å². The Balaban J connectivity index is 1.62. The molecule has 156 valence electrons. The molecule has 2 amide bonds. The minimum atomic E-state index is -0.359. The summed E-state index contributed by atoms with van der Waals surface area (Å²) < 4.78 is 10.9. The lowest BCUT2D eigenvalue weighted by atomic mass is 10.1. The molecule has 2 heterocycles. The highest BCUT2D eigenvalue weighted by molar-refractivity contribution is 7.99. The van der Waals surface area contributed by atoms with Crippen LogP contribution in [0.25, 0.3) is 0 Å². The largest absolute Gasteiger partial charge is 0.497 e. The zero-order chi connectivity index (χ0) is 21.7. The summed E-state index contributed by atoms with van der Waals surface area (Å²) in [5.74, 6) is 0.544. The number of amides is 2. The highest BCUT2D eigenvalue weighted by Crippen LogP contribution is 2.52. The first kappa shape index (κ1) is 19.5. The first-order valence-corrected chi connectivity index (χ1v) is 10.6. The molecule has 0 atom stereocenters. The third kappa shape index (κ3) is 2.96. The van der Waals surface area contributed by atoms with E-state index in [9.17, 15) is 9.59 Å². The molecular weight excluding hydrogens is 412 g/mol. The number of ether oxygens (including phenoxy) is 2. The zero-order valence-electron chi connectivity index (χ0n) is 17.3. The Kier molecular flexibility index (Phi) is 4.63. The van der Waals surface area contributed by atoms with Gasteiger partial charge >= 0.3 is 0 Å². The van der Waals surface area contributed by atoms with Crippen LogP contribution in [0.15, 0.2) is 64.4 Å². The molecule has 0 aliphatic carbocycles. The van der Waals surface area contributed by atoms with Crippen LogP contribution in [-0.4, -0.2) is 38.0 Å². The molecule has 3 aromatic carbocycles. The molecule has 0 saturated heterocycles. The average molecular weight is 433 g/mol. The SMILES string of the molecule is COc1ccc2c(c1)Sc1c(ccc(OC)c1C(=O)N1Cc3ccccc3C1=O)N2C. The van der Waals surface area contributed by atoms with Crippen molar-refractivity contribution in [2.24, 2.45) is 0 Å². The van der Waals surface area contributed by atoms with Crippen molar-refractivity contribution in [3.63, 3.8) is 0 Å². The van der Waals surface area contributed by atoms with Crippen LogP contribution in [0.1, 0.15) is 26.3 Å². The molecule has 0 aromatic heterocycles. The molecule has 31 heavy (non-hydrogen) atoms. The summed E-state index contributed by atoms with van der Waals surface area (Å²) in [4.78, 5) is 31.7. The van der Waals surface area contributed by atoms with Crippen LogP contribution in [0.2, 0.25) is 0 Å². The van der Waals surface area contributed by atoms with Gasteiger partial charge in [0.2, 0.25) is 0 Å². The minimum Gasteiger partial charge on any atom is -0.497 e. The van der Waals surface area contributed by atoms with Crippen LogP contribution in [0.3, 0.4) is 0 Å². The molecule has 3 aromatic rings. The second-order valence-electron chi connectivity index (χ2n) is 7.34. The Hall–Kier alpha value is -3.45. The van der Waals surface area contributed by atoms with E-state index in [1.807, 2.05) is 54.4 Å². The summed E-state index contributed by atoms with van der Waals surface area (Å²) in [6.07, 6.45) is 0. The molecule has 0 spiro atoms. The van der Waals surface area contributed by atoms with E-state index < -0.39 is 0 Å². The van der Waals surface area contributed by atoms with Gasteiger partial charge in [0.1, 0.15) is 11.5 Å². The molecule has 2 aliphatic heterocycles. The highest BCUT2D eigenvalue weighted by Gasteiger charge is 2.37. The molecule has 0 saturated carbocycles. The van der Waals surface area contributed by atoms with Crippen molar-refractivity contribution in [1.82, 2.24) is 4.90 Å². The van der Waals surface area contributed by atoms with Gasteiger partial charge in [-0.2, -0.15) is 0 Å². The fourth-order valence-electron chi connectivity index (χ4n) is 4.07. The highest BCUT2D eigenvalue weighted by atomic mass is 32.2. The minimum absolute atomic E-state index is 0.256. The lowest BCUT2D eigenvalue weighted by Crippen LogP contribution is -2.32. The van der Waals surface area contributed by atoms with E-state index in [1.54, 1.807) is 19.2 Å². The standard InChI is InChI=1S/C24H20N2O4S/c1-25-17-9-8-15(29-2)12-20(17)31-22-18(25)10-11-19(30-3)21(22)24(28)26-13-14-6-4-5-7-16(14)23(26)27/h4-12H,13H2,1-3H3. The van der Waals surface area contributed by atoms with E-state index in [-0.39, 0.29) is 18.4 Å². The zero-order valence-corrected chi connectivity index (χ0v) is 18.2. The van der Waals surface area contributed by atoms with Crippen molar-refractivity contribution in [3.8, 4) is 11.5 Å². The first-order chi connectivity index (χ1) is 15.0. The number of carbonyl (C=O) groups excluding carboxylic acids is 2. The van der Waals surface area contributed by atoms with Crippen LogP contribution in [0.4, 0.5) is 11.4 Å². The van der Waals surface area contributed by atoms with Crippen LogP contribution >= 0.6 is 11.8 Å². The summed E-state index contributed by atoms with van der Waals surface area (Å²) in [6.45, 7) is 0.256. The van der Waals surface area contributed by atoms with Gasteiger partial charge in [0.05, 0.1) is 42.6 Å². The van der Waals surface area contributed by atoms with Crippen molar-refractivity contribution < 1.29 is 19.1 Å². The summed E-state index contributed by atoms with van der Waals surface area (Å²) in [6, 6.07) is 16.9. The van der Waals surface area contributed by atoms with Gasteiger partial charge in [-0.1, -0.05) is 30.0 Å². The summed E-state index contributed by atoms with van der Waals surface area (Å²) in [7, 11) is 5.12. The van der Waals surface area contributed by atoms with E-state index >= 15 is 0 Å². The van der Waals surface area contributed by atoms with Crippen molar-refractivity contribution >= 4 is 35.0 Å². The number of rotatable bonds is 3. The second kappa shape index (κ2) is 7.35. The molecule has 2 aliphatic rings. The summed E-state index contributed by atoms with van der Waals surface area (Å²) in [5, 5.41) is 0. The maximum Gasteiger partial charge on any atom is 0.266 e. The number of hydrogen-bond donors (Lipinski definition) is 0. The number of anilines is 2. The van der Waals surface area contributed by atoms with Crippen molar-refractivity contribution in [2.45, 2.75) is 16.3 Å². The molecule has 0 N–H and O–H groups in total. The van der Waals surface area contributed by atoms with Crippen molar-refractivity contribution in [3.05, 3.63) is 71.3 Å². The predicted molar refractivity (Wildman–Crippen MR) is 119 cm³/mol. The lowest BCUT2D eigenvalue weighted by Gasteiger charge is -2.31. The maximum absolute atomic E-state index is 13.7. The van der Waals surface area contributed by atoms with Crippen molar-refractivity contribution in [2.75, 3.05) is 26.2 Å². The molecule has 6 nitrogen and oxygen atoms in total. The number of imide groups is 1. The summed E-state index contributed by atoms with van der Waals surface area (Å²) in [5.41, 5.74) is 3.72. The Morgan fingerprint density at radius 2 is 1.77 bits per heavy atom. The third-order valence-corrected chi connectivity index (χ3v) is 6.86. The van der Waals surface area contributed by atoms with E-state index in [2.05, 4.69) is 0 Å². The van der Waals surface area contributed by atoms with Crippen LogP contribution in [-0.2, 0) is 6.54 Å². The molecule has 0 bridgehead atoms. The molecule has 7 heteroatoms. The fourth-order valence-corrected chi connectivity index (χ4v) is 5.37. The number of fused-ring (bicyclic) bond motifs is 3. The third-order valence-electron chi connectivity index (χ3n) is 5.70. The topological polar surface area (TPSA) is 59.1 Å². The van der Waals surface area contributed by atoms with Crippen LogP contribution in [0, 0.1) is 0 Å². The van der Waals surface area contributed by atoms with E-state index in [1.165, 1.54) is 23.8 Å². The number of benzene rings is 3. The Bertz CT molecular complexity index is 1240. The molecule has 5 rings (SSSR count). The van der Waals surface area contributed by atoms with Gasteiger partial charge in [0.15, 0.2) is 0 Å². The van der Waals surface area contributed by atoms with E-state index in [0.29, 0.717) is 16.9 Å². The Morgan fingerprint density at radius 3 is 2.52 bits per heavy atom. The normalized spacial score (nSPS) is 14.1. The number of hydrogen-bond acceptors (Lipinski definition) is 6. The number of methoxy groups -OCH3 is 2. The van der Waals surface area contributed by atoms with Gasteiger partial charge in [-0.3, -0.25) is 14.5 Å². The molecular formula is C24H20N2O4S. The fraction of sp³-hybridized carbons (Fsp3) is 0.167. The molecule has 0 unspecified atom stereocenters. The Morgan fingerprint density at radius 1 is 1.00 bits per heavy atom. The van der Waals surface area contributed by atoms with Crippen LogP contribution in [0.5, 0.6) is 11.5 Å².